The Morgan fingerprint density at radius 3 is 2.81 bits per heavy atom. The molecule has 0 aromatic carbocycles. The van der Waals surface area contributed by atoms with E-state index in [1.165, 1.54) is 11.3 Å². The molecule has 0 amide bonds. The van der Waals surface area contributed by atoms with Gasteiger partial charge < -0.3 is 5.32 Å². The summed E-state index contributed by atoms with van der Waals surface area (Å²) in [6, 6.07) is 0. The fourth-order valence-corrected chi connectivity index (χ4v) is 4.85. The van der Waals surface area contributed by atoms with Crippen molar-refractivity contribution in [3.63, 3.8) is 0 Å². The second-order valence-electron chi connectivity index (χ2n) is 4.68. The number of aromatic nitrogens is 3. The third-order valence-corrected chi connectivity index (χ3v) is 5.81. The van der Waals surface area contributed by atoms with Gasteiger partial charge in [-0.05, 0) is 24.9 Å². The first-order valence-corrected chi connectivity index (χ1v) is 8.86. The summed E-state index contributed by atoms with van der Waals surface area (Å²) in [5.41, 5.74) is 0.772. The van der Waals surface area contributed by atoms with E-state index in [2.05, 4.69) is 20.1 Å². The van der Waals surface area contributed by atoms with Crippen molar-refractivity contribution < 1.29 is 8.42 Å². The summed E-state index contributed by atoms with van der Waals surface area (Å²) in [4.78, 5) is 5.27. The van der Waals surface area contributed by atoms with Crippen LogP contribution in [0.3, 0.4) is 0 Å². The Balaban J connectivity index is 2.06. The maximum absolute atomic E-state index is 12.4. The first-order chi connectivity index (χ1) is 9.94. The standard InChI is InChI=1S/C12H19N5O2S2/c1-9-7-20-10(6-13-2)12(9)21(18,19)15-5-4-11-14-8-17(3)16-11/h7-8,13,15H,4-6H2,1-3H3. The molecule has 0 bridgehead atoms. The van der Waals surface area contributed by atoms with Crippen LogP contribution < -0.4 is 10.0 Å². The highest BCUT2D eigenvalue weighted by molar-refractivity contribution is 7.89. The molecule has 0 atom stereocenters. The number of thiophene rings is 1. The largest absolute Gasteiger partial charge is 0.315 e. The highest BCUT2D eigenvalue weighted by Crippen LogP contribution is 2.26. The molecule has 0 saturated carbocycles. The quantitative estimate of drug-likeness (QED) is 0.769. The Kier molecular flexibility index (Phi) is 5.09. The molecule has 2 N–H and O–H groups in total. The zero-order valence-corrected chi connectivity index (χ0v) is 13.9. The third-order valence-electron chi connectivity index (χ3n) is 2.88. The van der Waals surface area contributed by atoms with E-state index in [1.807, 2.05) is 12.3 Å². The Morgan fingerprint density at radius 1 is 1.43 bits per heavy atom. The molecule has 9 heteroatoms. The monoisotopic (exact) mass is 329 g/mol. The Bertz CT molecular complexity index is 705. The fourth-order valence-electron chi connectivity index (χ4n) is 2.00. The number of nitrogens with one attached hydrogen (secondary N) is 2. The van der Waals surface area contributed by atoms with Gasteiger partial charge in [0.05, 0.1) is 0 Å². The highest BCUT2D eigenvalue weighted by atomic mass is 32.2. The molecule has 0 aliphatic rings. The second kappa shape index (κ2) is 6.65. The average Bonchev–Trinajstić information content (AvgIpc) is 2.97. The minimum atomic E-state index is -3.51. The van der Waals surface area contributed by atoms with Crippen molar-refractivity contribution in [3.8, 4) is 0 Å². The second-order valence-corrected chi connectivity index (χ2v) is 7.35. The van der Waals surface area contributed by atoms with Gasteiger partial charge in [-0.2, -0.15) is 5.10 Å². The lowest BCUT2D eigenvalue weighted by molar-refractivity contribution is 0.579. The number of hydrogen-bond donors (Lipinski definition) is 2. The zero-order valence-electron chi connectivity index (χ0n) is 12.3. The van der Waals surface area contributed by atoms with Gasteiger partial charge in [-0.1, -0.05) is 0 Å². The predicted octanol–water partition coefficient (Wildman–Crippen LogP) is 0.425. The van der Waals surface area contributed by atoms with Crippen molar-refractivity contribution in [1.29, 1.82) is 0 Å². The molecule has 2 aromatic rings. The fraction of sp³-hybridized carbons (Fsp3) is 0.500. The number of sulfonamides is 1. The van der Waals surface area contributed by atoms with Crippen LogP contribution in [-0.2, 0) is 30.0 Å². The summed E-state index contributed by atoms with van der Waals surface area (Å²) in [5.74, 6) is 0.623. The minimum Gasteiger partial charge on any atom is -0.315 e. The third kappa shape index (κ3) is 3.88. The minimum absolute atomic E-state index is 0.278. The number of aryl methyl sites for hydroxylation is 2. The molecular formula is C12H19N5O2S2. The van der Waals surface area contributed by atoms with Gasteiger partial charge in [0, 0.05) is 31.4 Å². The summed E-state index contributed by atoms with van der Waals surface area (Å²) in [7, 11) is 0.0687. The van der Waals surface area contributed by atoms with Crippen molar-refractivity contribution in [2.75, 3.05) is 13.6 Å². The van der Waals surface area contributed by atoms with Crippen LogP contribution in [0.15, 0.2) is 16.6 Å². The SMILES string of the molecule is CNCc1scc(C)c1S(=O)(=O)NCCc1ncn(C)n1. The van der Waals surface area contributed by atoms with E-state index >= 15 is 0 Å². The van der Waals surface area contributed by atoms with E-state index in [-0.39, 0.29) is 6.54 Å². The first kappa shape index (κ1) is 16.1. The summed E-state index contributed by atoms with van der Waals surface area (Å²) in [6.07, 6.45) is 2.06. The van der Waals surface area contributed by atoms with Gasteiger partial charge in [0.15, 0.2) is 5.82 Å². The maximum Gasteiger partial charge on any atom is 0.241 e. The number of nitrogens with zero attached hydrogens (tertiary/aromatic N) is 3. The molecule has 0 aliphatic carbocycles. The lowest BCUT2D eigenvalue weighted by Gasteiger charge is -2.08. The van der Waals surface area contributed by atoms with Crippen LogP contribution in [0.5, 0.6) is 0 Å². The normalized spacial score (nSPS) is 12.0. The lowest BCUT2D eigenvalue weighted by Crippen LogP contribution is -2.27. The highest BCUT2D eigenvalue weighted by Gasteiger charge is 2.22. The van der Waals surface area contributed by atoms with Crippen molar-refractivity contribution in [1.82, 2.24) is 24.8 Å². The summed E-state index contributed by atoms with van der Waals surface area (Å²) in [6.45, 7) is 2.63. The number of rotatable bonds is 7. The van der Waals surface area contributed by atoms with Crippen molar-refractivity contribution in [2.24, 2.45) is 7.05 Å². The molecule has 116 valence electrons. The van der Waals surface area contributed by atoms with Gasteiger partial charge >= 0.3 is 0 Å². The molecule has 2 rings (SSSR count). The summed E-state index contributed by atoms with van der Waals surface area (Å²) in [5, 5.41) is 8.97. The van der Waals surface area contributed by atoms with Gasteiger partial charge in [-0.15, -0.1) is 11.3 Å². The van der Waals surface area contributed by atoms with E-state index in [9.17, 15) is 8.42 Å². The van der Waals surface area contributed by atoms with Crippen molar-refractivity contribution in [2.45, 2.75) is 24.8 Å². The molecule has 0 unspecified atom stereocenters. The van der Waals surface area contributed by atoms with Gasteiger partial charge in [0.25, 0.3) is 0 Å². The van der Waals surface area contributed by atoms with Crippen LogP contribution >= 0.6 is 11.3 Å². The molecule has 0 saturated heterocycles. The van der Waals surface area contributed by atoms with E-state index in [1.54, 1.807) is 25.1 Å². The molecule has 7 nitrogen and oxygen atoms in total. The van der Waals surface area contributed by atoms with Crippen LogP contribution in [-0.4, -0.2) is 36.8 Å². The Morgan fingerprint density at radius 2 is 2.19 bits per heavy atom. The summed E-state index contributed by atoms with van der Waals surface area (Å²) >= 11 is 1.45. The maximum atomic E-state index is 12.4. The van der Waals surface area contributed by atoms with Gasteiger partial charge in [-0.3, -0.25) is 4.68 Å². The summed E-state index contributed by atoms with van der Waals surface area (Å²) < 4.78 is 29.1. The molecule has 2 aromatic heterocycles. The van der Waals surface area contributed by atoms with Gasteiger partial charge in [-0.25, -0.2) is 18.1 Å². The Labute approximate surface area is 128 Å². The van der Waals surface area contributed by atoms with Crippen LogP contribution in [0.4, 0.5) is 0 Å². The average molecular weight is 329 g/mol. The smallest absolute Gasteiger partial charge is 0.241 e. The van der Waals surface area contributed by atoms with E-state index in [4.69, 9.17) is 0 Å². The van der Waals surface area contributed by atoms with Gasteiger partial charge in [0.1, 0.15) is 11.2 Å². The predicted molar refractivity (Wildman–Crippen MR) is 81.7 cm³/mol. The zero-order chi connectivity index (χ0) is 15.5. The van der Waals surface area contributed by atoms with E-state index < -0.39 is 10.0 Å². The topological polar surface area (TPSA) is 88.9 Å². The van der Waals surface area contributed by atoms with Crippen LogP contribution in [0.2, 0.25) is 0 Å². The van der Waals surface area contributed by atoms with E-state index in [0.29, 0.717) is 23.7 Å². The molecule has 0 radical (unpaired) electrons. The van der Waals surface area contributed by atoms with Crippen molar-refractivity contribution >= 4 is 21.4 Å². The van der Waals surface area contributed by atoms with E-state index in [0.717, 1.165) is 10.4 Å². The molecule has 21 heavy (non-hydrogen) atoms. The Hall–Kier alpha value is -1.29. The van der Waals surface area contributed by atoms with Crippen molar-refractivity contribution in [3.05, 3.63) is 28.0 Å². The molecule has 0 aliphatic heterocycles. The molecule has 2 heterocycles. The van der Waals surface area contributed by atoms with Crippen LogP contribution in [0, 0.1) is 6.92 Å². The molecule has 0 spiro atoms. The van der Waals surface area contributed by atoms with Gasteiger partial charge in [0.2, 0.25) is 10.0 Å². The van der Waals surface area contributed by atoms with Crippen LogP contribution in [0.25, 0.3) is 0 Å². The lowest BCUT2D eigenvalue weighted by atomic mass is 10.3. The molecule has 0 fully saturated rings. The number of hydrogen-bond acceptors (Lipinski definition) is 6. The first-order valence-electron chi connectivity index (χ1n) is 6.50. The van der Waals surface area contributed by atoms with Crippen LogP contribution in [0.1, 0.15) is 16.3 Å². The molecular weight excluding hydrogens is 310 g/mol.